The van der Waals surface area contributed by atoms with Crippen LogP contribution in [0, 0.1) is 0 Å². The van der Waals surface area contributed by atoms with Gasteiger partial charge in [0.1, 0.15) is 0 Å². The third-order valence-electron chi connectivity index (χ3n) is 5.09. The molecule has 0 aliphatic heterocycles. The summed E-state index contributed by atoms with van der Waals surface area (Å²) in [5.41, 5.74) is 3.20. The Morgan fingerprint density at radius 1 is 0.808 bits per heavy atom. The maximum absolute atomic E-state index is 12.9. The van der Waals surface area contributed by atoms with Crippen LogP contribution < -0.4 is 0 Å². The summed E-state index contributed by atoms with van der Waals surface area (Å²) in [4.78, 5) is 25.8. The monoisotopic (exact) mass is 337 g/mol. The first-order chi connectivity index (χ1) is 12.6. The Hall–Kier alpha value is -3.46. The number of hydrogen-bond acceptors (Lipinski definition) is 2. The average molecular weight is 337 g/mol. The van der Waals surface area contributed by atoms with Crippen molar-refractivity contribution in [2.75, 3.05) is 0 Å². The SMILES string of the molecule is Cn1cc(C=C2C(=O)c3cc4ccccc4cc3C2=O)c2ccccc21. The molecule has 1 heterocycles. The molecule has 0 atom stereocenters. The van der Waals surface area contributed by atoms with Gasteiger partial charge in [-0.1, -0.05) is 42.5 Å². The zero-order valence-corrected chi connectivity index (χ0v) is 14.2. The van der Waals surface area contributed by atoms with E-state index in [1.807, 2.05) is 78.5 Å². The van der Waals surface area contributed by atoms with Gasteiger partial charge in [-0.2, -0.15) is 0 Å². The fourth-order valence-electron chi connectivity index (χ4n) is 3.78. The lowest BCUT2D eigenvalue weighted by molar-refractivity contribution is 0.0990. The predicted molar refractivity (Wildman–Crippen MR) is 104 cm³/mol. The first kappa shape index (κ1) is 14.8. The van der Waals surface area contributed by atoms with Crippen LogP contribution in [0.5, 0.6) is 0 Å². The lowest BCUT2D eigenvalue weighted by Gasteiger charge is -2.00. The van der Waals surface area contributed by atoms with Gasteiger partial charge in [0.2, 0.25) is 0 Å². The molecule has 0 bridgehead atoms. The number of fused-ring (bicyclic) bond motifs is 3. The highest BCUT2D eigenvalue weighted by molar-refractivity contribution is 6.42. The number of nitrogens with zero attached hydrogens (tertiary/aromatic N) is 1. The van der Waals surface area contributed by atoms with Crippen molar-refractivity contribution in [2.24, 2.45) is 7.05 Å². The Balaban J connectivity index is 1.70. The third-order valence-corrected chi connectivity index (χ3v) is 5.09. The highest BCUT2D eigenvalue weighted by Gasteiger charge is 2.33. The number of aryl methyl sites for hydroxylation is 1. The number of aromatic nitrogens is 1. The van der Waals surface area contributed by atoms with E-state index in [4.69, 9.17) is 0 Å². The molecule has 0 N–H and O–H groups in total. The maximum Gasteiger partial charge on any atom is 0.197 e. The number of hydrogen-bond donors (Lipinski definition) is 0. The van der Waals surface area contributed by atoms with E-state index >= 15 is 0 Å². The first-order valence-electron chi connectivity index (χ1n) is 8.51. The topological polar surface area (TPSA) is 39.1 Å². The van der Waals surface area contributed by atoms with Gasteiger partial charge in [-0.15, -0.1) is 0 Å². The molecule has 0 unspecified atom stereocenters. The summed E-state index contributed by atoms with van der Waals surface area (Å²) in [7, 11) is 1.96. The molecule has 0 saturated heterocycles. The van der Waals surface area contributed by atoms with Crippen molar-refractivity contribution in [1.82, 2.24) is 4.57 Å². The van der Waals surface area contributed by atoms with Crippen molar-refractivity contribution in [3.05, 3.63) is 89.1 Å². The molecular weight excluding hydrogens is 322 g/mol. The molecule has 1 aromatic heterocycles. The van der Waals surface area contributed by atoms with E-state index in [1.165, 1.54) is 0 Å². The van der Waals surface area contributed by atoms with Crippen molar-refractivity contribution >= 4 is 39.3 Å². The second-order valence-electron chi connectivity index (χ2n) is 6.67. The van der Waals surface area contributed by atoms with Crippen LogP contribution in [0.2, 0.25) is 0 Å². The molecule has 5 rings (SSSR count). The molecule has 26 heavy (non-hydrogen) atoms. The van der Waals surface area contributed by atoms with Crippen LogP contribution in [0.4, 0.5) is 0 Å². The molecule has 1 aliphatic carbocycles. The lowest BCUT2D eigenvalue weighted by atomic mass is 10.0. The van der Waals surface area contributed by atoms with E-state index in [2.05, 4.69) is 0 Å². The van der Waals surface area contributed by atoms with Crippen molar-refractivity contribution in [2.45, 2.75) is 0 Å². The van der Waals surface area contributed by atoms with Crippen LogP contribution in [0.3, 0.4) is 0 Å². The summed E-state index contributed by atoms with van der Waals surface area (Å²) < 4.78 is 2.01. The Labute approximate surface area is 150 Å². The maximum atomic E-state index is 12.9. The van der Waals surface area contributed by atoms with Crippen LogP contribution in [0.25, 0.3) is 27.8 Å². The van der Waals surface area contributed by atoms with E-state index in [0.717, 1.165) is 27.2 Å². The van der Waals surface area contributed by atoms with E-state index in [0.29, 0.717) is 11.1 Å². The number of benzene rings is 3. The van der Waals surface area contributed by atoms with Crippen molar-refractivity contribution in [3.8, 4) is 0 Å². The zero-order chi connectivity index (χ0) is 17.8. The normalized spacial score (nSPS) is 13.7. The second kappa shape index (κ2) is 5.27. The van der Waals surface area contributed by atoms with Gasteiger partial charge in [0.05, 0.1) is 5.57 Å². The van der Waals surface area contributed by atoms with E-state index < -0.39 is 0 Å². The van der Waals surface area contributed by atoms with Crippen LogP contribution in [-0.2, 0) is 7.05 Å². The molecule has 124 valence electrons. The van der Waals surface area contributed by atoms with E-state index in [9.17, 15) is 9.59 Å². The predicted octanol–water partition coefficient (Wildman–Crippen LogP) is 4.79. The second-order valence-corrected chi connectivity index (χ2v) is 6.67. The molecule has 3 heteroatoms. The highest BCUT2D eigenvalue weighted by Crippen LogP contribution is 2.32. The largest absolute Gasteiger partial charge is 0.350 e. The Kier molecular flexibility index (Phi) is 3.01. The van der Waals surface area contributed by atoms with Gasteiger partial charge in [0.25, 0.3) is 0 Å². The van der Waals surface area contributed by atoms with Crippen molar-refractivity contribution in [1.29, 1.82) is 0 Å². The van der Waals surface area contributed by atoms with Crippen LogP contribution >= 0.6 is 0 Å². The molecular formula is C23H15NO2. The van der Waals surface area contributed by atoms with Gasteiger partial charge in [0.15, 0.2) is 11.6 Å². The summed E-state index contributed by atoms with van der Waals surface area (Å²) in [5, 5.41) is 2.97. The third kappa shape index (κ3) is 2.01. The van der Waals surface area contributed by atoms with E-state index in [1.54, 1.807) is 6.08 Å². The van der Waals surface area contributed by atoms with Crippen LogP contribution in [0.15, 0.2) is 72.4 Å². The minimum absolute atomic E-state index is 0.191. The first-order valence-corrected chi connectivity index (χ1v) is 8.51. The van der Waals surface area contributed by atoms with Gasteiger partial charge in [0, 0.05) is 40.8 Å². The Morgan fingerprint density at radius 2 is 1.38 bits per heavy atom. The molecule has 0 saturated carbocycles. The quantitative estimate of drug-likeness (QED) is 0.370. The summed E-state index contributed by atoms with van der Waals surface area (Å²) >= 11 is 0. The zero-order valence-electron chi connectivity index (χ0n) is 14.2. The Bertz CT molecular complexity index is 1220. The molecule has 4 aromatic rings. The smallest absolute Gasteiger partial charge is 0.197 e. The number of ketones is 2. The van der Waals surface area contributed by atoms with Gasteiger partial charge in [-0.25, -0.2) is 0 Å². The number of para-hydroxylation sites is 1. The van der Waals surface area contributed by atoms with Gasteiger partial charge in [-0.05, 0) is 35.0 Å². The van der Waals surface area contributed by atoms with Crippen LogP contribution in [0.1, 0.15) is 26.3 Å². The van der Waals surface area contributed by atoms with Gasteiger partial charge in [-0.3, -0.25) is 9.59 Å². The number of Topliss-reactive ketones (excluding diaryl/α,β-unsaturated/α-hetero) is 2. The van der Waals surface area contributed by atoms with Crippen LogP contribution in [-0.4, -0.2) is 16.1 Å². The molecule has 0 amide bonds. The fraction of sp³-hybridized carbons (Fsp3) is 0.0435. The van der Waals surface area contributed by atoms with Crippen molar-refractivity contribution in [3.63, 3.8) is 0 Å². The molecule has 1 aliphatic rings. The number of rotatable bonds is 1. The molecule has 0 radical (unpaired) electrons. The number of carbonyl (C=O) groups is 2. The summed E-state index contributed by atoms with van der Waals surface area (Å²) in [6.45, 7) is 0. The number of carbonyl (C=O) groups excluding carboxylic acids is 2. The Morgan fingerprint density at radius 3 is 2.04 bits per heavy atom. The summed E-state index contributed by atoms with van der Waals surface area (Å²) in [6.07, 6.45) is 3.69. The molecule has 0 spiro atoms. The molecule has 0 fully saturated rings. The minimum atomic E-state index is -0.191. The molecule has 3 aromatic carbocycles. The summed E-state index contributed by atoms with van der Waals surface area (Å²) in [6, 6.07) is 19.4. The standard InChI is InChI=1S/C23H15NO2/c1-24-13-16(17-8-4-5-9-21(17)24)12-20-22(25)18-10-14-6-2-3-7-15(14)11-19(18)23(20)26/h2-13H,1H3. The average Bonchev–Trinajstić information content (AvgIpc) is 3.10. The lowest BCUT2D eigenvalue weighted by Crippen LogP contribution is -2.00. The van der Waals surface area contributed by atoms with E-state index in [-0.39, 0.29) is 17.1 Å². The van der Waals surface area contributed by atoms with Crippen molar-refractivity contribution < 1.29 is 9.59 Å². The number of allylic oxidation sites excluding steroid dienone is 1. The summed E-state index contributed by atoms with van der Waals surface area (Å²) in [5.74, 6) is -0.382. The van der Waals surface area contributed by atoms with Gasteiger partial charge >= 0.3 is 0 Å². The fourth-order valence-corrected chi connectivity index (χ4v) is 3.78. The van der Waals surface area contributed by atoms with Gasteiger partial charge < -0.3 is 4.57 Å². The molecule has 3 nitrogen and oxygen atoms in total. The minimum Gasteiger partial charge on any atom is -0.350 e. The highest BCUT2D eigenvalue weighted by atomic mass is 16.2.